The zero-order chi connectivity index (χ0) is 20.8. The van der Waals surface area contributed by atoms with Gasteiger partial charge in [-0.25, -0.2) is 0 Å². The molecule has 0 spiro atoms. The molecule has 29 heavy (non-hydrogen) atoms. The number of amides is 1. The molecular formula is C21H24N4O3S. The normalized spacial score (nSPS) is 10.6. The summed E-state index contributed by atoms with van der Waals surface area (Å²) in [6.07, 6.45) is 0. The molecule has 0 unspecified atom stereocenters. The zero-order valence-electron chi connectivity index (χ0n) is 16.9. The van der Waals surface area contributed by atoms with Crippen LogP contribution in [0, 0.1) is 13.8 Å². The van der Waals surface area contributed by atoms with Crippen molar-refractivity contribution in [2.24, 2.45) is 7.05 Å². The van der Waals surface area contributed by atoms with E-state index < -0.39 is 0 Å². The lowest BCUT2D eigenvalue weighted by Crippen LogP contribution is -2.16. The molecule has 0 bridgehead atoms. The third kappa shape index (κ3) is 5.29. The van der Waals surface area contributed by atoms with Gasteiger partial charge in [0.1, 0.15) is 18.1 Å². The Balaban J connectivity index is 1.56. The smallest absolute Gasteiger partial charge is 0.234 e. The number of aryl methyl sites for hydroxylation is 2. The lowest BCUT2D eigenvalue weighted by Gasteiger charge is -2.11. The number of hydrogen-bond donors (Lipinski definition) is 1. The van der Waals surface area contributed by atoms with Gasteiger partial charge in [-0.2, -0.15) is 0 Å². The van der Waals surface area contributed by atoms with Crippen LogP contribution in [-0.4, -0.2) is 33.5 Å². The van der Waals surface area contributed by atoms with Crippen LogP contribution in [0.4, 0.5) is 5.69 Å². The van der Waals surface area contributed by atoms with Crippen molar-refractivity contribution < 1.29 is 14.3 Å². The van der Waals surface area contributed by atoms with Crippen molar-refractivity contribution in [3.05, 3.63) is 59.4 Å². The molecule has 152 valence electrons. The molecule has 0 aliphatic heterocycles. The fraction of sp³-hybridized carbons (Fsp3) is 0.286. The maximum absolute atomic E-state index is 12.4. The van der Waals surface area contributed by atoms with Gasteiger partial charge in [-0.1, -0.05) is 36.0 Å². The number of aromatic nitrogens is 3. The minimum atomic E-state index is -0.0791. The van der Waals surface area contributed by atoms with E-state index in [4.69, 9.17) is 9.47 Å². The van der Waals surface area contributed by atoms with Gasteiger partial charge in [0.25, 0.3) is 0 Å². The standard InChI is InChI=1S/C21H24N4O3S/c1-14-7-5-8-15(2)20(14)22-19(26)13-29-21-24-23-18(25(21)3)12-28-17-10-6-9-16(11-17)27-4/h5-11H,12-13H2,1-4H3,(H,22,26). The fourth-order valence-electron chi connectivity index (χ4n) is 2.75. The Hall–Kier alpha value is -3.00. The van der Waals surface area contributed by atoms with E-state index in [9.17, 15) is 4.79 Å². The summed E-state index contributed by atoms with van der Waals surface area (Å²) in [4.78, 5) is 12.4. The maximum atomic E-state index is 12.4. The number of rotatable bonds is 8. The van der Waals surface area contributed by atoms with E-state index in [-0.39, 0.29) is 18.3 Å². The first-order chi connectivity index (χ1) is 14.0. The second-order valence-corrected chi connectivity index (χ2v) is 7.47. The van der Waals surface area contributed by atoms with Gasteiger partial charge in [0.15, 0.2) is 11.0 Å². The number of anilines is 1. The SMILES string of the molecule is COc1cccc(OCc2nnc(SCC(=O)Nc3c(C)cccc3C)n2C)c1. The minimum Gasteiger partial charge on any atom is -0.497 e. The van der Waals surface area contributed by atoms with Gasteiger partial charge in [-0.3, -0.25) is 4.79 Å². The average molecular weight is 413 g/mol. The van der Waals surface area contributed by atoms with Crippen molar-refractivity contribution in [3.8, 4) is 11.5 Å². The summed E-state index contributed by atoms with van der Waals surface area (Å²) in [5, 5.41) is 12.0. The Kier molecular flexibility index (Phi) is 6.77. The number of benzene rings is 2. The Morgan fingerprint density at radius 1 is 1.10 bits per heavy atom. The summed E-state index contributed by atoms with van der Waals surface area (Å²) < 4.78 is 12.8. The lowest BCUT2D eigenvalue weighted by atomic mass is 10.1. The molecule has 0 saturated carbocycles. The van der Waals surface area contributed by atoms with E-state index in [0.717, 1.165) is 22.6 Å². The van der Waals surface area contributed by atoms with E-state index in [1.807, 2.05) is 67.9 Å². The molecule has 0 fully saturated rings. The Morgan fingerprint density at radius 3 is 2.52 bits per heavy atom. The van der Waals surface area contributed by atoms with Crippen LogP contribution in [0.15, 0.2) is 47.6 Å². The maximum Gasteiger partial charge on any atom is 0.234 e. The van der Waals surface area contributed by atoms with Crippen molar-refractivity contribution >= 4 is 23.4 Å². The molecule has 0 radical (unpaired) electrons. The highest BCUT2D eigenvalue weighted by atomic mass is 32.2. The van der Waals surface area contributed by atoms with E-state index >= 15 is 0 Å². The van der Waals surface area contributed by atoms with Crippen molar-refractivity contribution in [1.29, 1.82) is 0 Å². The Morgan fingerprint density at radius 2 is 1.79 bits per heavy atom. The van der Waals surface area contributed by atoms with Gasteiger partial charge in [-0.05, 0) is 37.1 Å². The van der Waals surface area contributed by atoms with E-state index in [2.05, 4.69) is 15.5 Å². The molecule has 0 atom stereocenters. The molecule has 1 N–H and O–H groups in total. The predicted molar refractivity (Wildman–Crippen MR) is 114 cm³/mol. The van der Waals surface area contributed by atoms with Crippen LogP contribution in [0.5, 0.6) is 11.5 Å². The van der Waals surface area contributed by atoms with Crippen LogP contribution in [0.25, 0.3) is 0 Å². The van der Waals surface area contributed by atoms with Crippen LogP contribution in [0.3, 0.4) is 0 Å². The lowest BCUT2D eigenvalue weighted by molar-refractivity contribution is -0.113. The number of ether oxygens (including phenoxy) is 2. The summed E-state index contributed by atoms with van der Waals surface area (Å²) in [7, 11) is 3.47. The first kappa shape index (κ1) is 20.7. The summed E-state index contributed by atoms with van der Waals surface area (Å²) in [6, 6.07) is 13.3. The third-order valence-electron chi connectivity index (χ3n) is 4.41. The second kappa shape index (κ2) is 9.47. The van der Waals surface area contributed by atoms with E-state index in [1.54, 1.807) is 7.11 Å². The number of carbonyl (C=O) groups excluding carboxylic acids is 1. The van der Waals surface area contributed by atoms with Crippen LogP contribution in [-0.2, 0) is 18.4 Å². The monoisotopic (exact) mass is 412 g/mol. The van der Waals surface area contributed by atoms with Crippen molar-refractivity contribution in [2.75, 3.05) is 18.2 Å². The molecule has 3 aromatic rings. The number of methoxy groups -OCH3 is 1. The highest BCUT2D eigenvalue weighted by Crippen LogP contribution is 2.22. The van der Waals surface area contributed by atoms with Gasteiger partial charge >= 0.3 is 0 Å². The van der Waals surface area contributed by atoms with E-state index in [1.165, 1.54) is 11.8 Å². The molecule has 0 aliphatic rings. The average Bonchev–Trinajstić information content (AvgIpc) is 3.07. The van der Waals surface area contributed by atoms with Gasteiger partial charge in [0.05, 0.1) is 12.9 Å². The molecule has 3 rings (SSSR count). The molecule has 8 heteroatoms. The topological polar surface area (TPSA) is 78.3 Å². The largest absolute Gasteiger partial charge is 0.497 e. The molecule has 0 saturated heterocycles. The molecular weight excluding hydrogens is 388 g/mol. The van der Waals surface area contributed by atoms with Crippen LogP contribution in [0.2, 0.25) is 0 Å². The summed E-state index contributed by atoms with van der Waals surface area (Å²) >= 11 is 1.34. The minimum absolute atomic E-state index is 0.0791. The Labute approximate surface area is 174 Å². The quantitative estimate of drug-likeness (QED) is 0.568. The molecule has 1 aromatic heterocycles. The van der Waals surface area contributed by atoms with Crippen LogP contribution < -0.4 is 14.8 Å². The summed E-state index contributed by atoms with van der Waals surface area (Å²) in [6.45, 7) is 4.23. The van der Waals surface area contributed by atoms with Crippen LogP contribution in [0.1, 0.15) is 17.0 Å². The van der Waals surface area contributed by atoms with Crippen molar-refractivity contribution in [1.82, 2.24) is 14.8 Å². The molecule has 1 amide bonds. The van der Waals surface area contributed by atoms with Gasteiger partial charge in [-0.15, -0.1) is 10.2 Å². The van der Waals surface area contributed by atoms with Crippen molar-refractivity contribution in [2.45, 2.75) is 25.6 Å². The summed E-state index contributed by atoms with van der Waals surface area (Å²) in [5.74, 6) is 2.26. The number of para-hydroxylation sites is 1. The number of nitrogens with zero attached hydrogens (tertiary/aromatic N) is 3. The van der Waals surface area contributed by atoms with Gasteiger partial charge in [0, 0.05) is 18.8 Å². The highest BCUT2D eigenvalue weighted by Gasteiger charge is 2.13. The van der Waals surface area contributed by atoms with Gasteiger partial charge in [0.2, 0.25) is 5.91 Å². The second-order valence-electron chi connectivity index (χ2n) is 6.53. The number of hydrogen-bond acceptors (Lipinski definition) is 6. The first-order valence-corrected chi connectivity index (χ1v) is 10.1. The molecule has 0 aliphatic carbocycles. The van der Waals surface area contributed by atoms with Crippen LogP contribution >= 0.6 is 11.8 Å². The third-order valence-corrected chi connectivity index (χ3v) is 5.43. The predicted octanol–water partition coefficient (Wildman–Crippen LogP) is 3.75. The number of nitrogens with one attached hydrogen (secondary N) is 1. The summed E-state index contributed by atoms with van der Waals surface area (Å²) in [5.41, 5.74) is 2.95. The number of thioether (sulfide) groups is 1. The van der Waals surface area contributed by atoms with Crippen molar-refractivity contribution in [3.63, 3.8) is 0 Å². The first-order valence-electron chi connectivity index (χ1n) is 9.12. The number of carbonyl (C=O) groups is 1. The molecule has 1 heterocycles. The molecule has 2 aromatic carbocycles. The zero-order valence-corrected chi connectivity index (χ0v) is 17.7. The fourth-order valence-corrected chi connectivity index (χ4v) is 3.48. The highest BCUT2D eigenvalue weighted by molar-refractivity contribution is 7.99. The van der Waals surface area contributed by atoms with Gasteiger partial charge < -0.3 is 19.4 Å². The molecule has 7 nitrogen and oxygen atoms in total. The Bertz CT molecular complexity index is 983. The van der Waals surface area contributed by atoms with E-state index in [0.29, 0.717) is 16.7 Å².